The Labute approximate surface area is 153 Å². The fourth-order valence-corrected chi connectivity index (χ4v) is 3.87. The van der Waals surface area contributed by atoms with Crippen LogP contribution < -0.4 is 5.32 Å². The van der Waals surface area contributed by atoms with Gasteiger partial charge in [-0.15, -0.1) is 0 Å². The van der Waals surface area contributed by atoms with E-state index in [9.17, 15) is 14.0 Å². The zero-order valence-electron chi connectivity index (χ0n) is 15.6. The first-order chi connectivity index (χ1) is 12.2. The summed E-state index contributed by atoms with van der Waals surface area (Å²) in [5.41, 5.74) is -0.245. The molecule has 2 aliphatic rings. The smallest absolute Gasteiger partial charge is 0.408 e. The molecule has 6 heteroatoms. The van der Waals surface area contributed by atoms with Crippen LogP contribution in [0, 0.1) is 5.92 Å². The van der Waals surface area contributed by atoms with Gasteiger partial charge in [0.2, 0.25) is 5.91 Å². The monoisotopic (exact) mass is 362 g/mol. The number of amides is 2. The highest BCUT2D eigenvalue weighted by molar-refractivity contribution is 5.79. The van der Waals surface area contributed by atoms with Crippen molar-refractivity contribution in [3.05, 3.63) is 35.9 Å². The third-order valence-corrected chi connectivity index (χ3v) is 5.13. The van der Waals surface area contributed by atoms with Crippen LogP contribution >= 0.6 is 0 Å². The SMILES string of the molecule is CC(C)(C)OC(=O)NC1(C2CC(=O)N(Cc3ccccc3)C2)CC(F)C1. The summed E-state index contributed by atoms with van der Waals surface area (Å²) < 4.78 is 19.0. The molecule has 1 N–H and O–H groups in total. The van der Waals surface area contributed by atoms with E-state index in [0.29, 0.717) is 19.5 Å². The molecular weight excluding hydrogens is 335 g/mol. The van der Waals surface area contributed by atoms with Gasteiger partial charge in [-0.3, -0.25) is 4.79 Å². The van der Waals surface area contributed by atoms with Gasteiger partial charge in [-0.2, -0.15) is 0 Å². The predicted octanol–water partition coefficient (Wildman–Crippen LogP) is 3.43. The minimum Gasteiger partial charge on any atom is -0.444 e. The van der Waals surface area contributed by atoms with Crippen LogP contribution in [-0.2, 0) is 16.1 Å². The first-order valence-corrected chi connectivity index (χ1v) is 9.14. The number of ether oxygens (including phenoxy) is 1. The van der Waals surface area contributed by atoms with Gasteiger partial charge in [0.25, 0.3) is 0 Å². The molecule has 3 rings (SSSR count). The average Bonchev–Trinajstić information content (AvgIpc) is 2.86. The van der Waals surface area contributed by atoms with Crippen LogP contribution in [0.15, 0.2) is 30.3 Å². The van der Waals surface area contributed by atoms with E-state index in [1.807, 2.05) is 30.3 Å². The van der Waals surface area contributed by atoms with Crippen molar-refractivity contribution in [2.45, 2.75) is 63.9 Å². The highest BCUT2D eigenvalue weighted by atomic mass is 19.1. The zero-order valence-corrected chi connectivity index (χ0v) is 15.6. The van der Waals surface area contributed by atoms with E-state index in [-0.39, 0.29) is 24.7 Å². The van der Waals surface area contributed by atoms with Gasteiger partial charge in [-0.25, -0.2) is 9.18 Å². The second-order valence-electron chi connectivity index (χ2n) is 8.45. The molecule has 26 heavy (non-hydrogen) atoms. The van der Waals surface area contributed by atoms with E-state index in [2.05, 4.69) is 5.32 Å². The number of benzene rings is 1. The van der Waals surface area contributed by atoms with Crippen molar-refractivity contribution in [2.24, 2.45) is 5.92 Å². The van der Waals surface area contributed by atoms with Crippen LogP contribution in [0.5, 0.6) is 0 Å². The van der Waals surface area contributed by atoms with E-state index in [1.165, 1.54) is 0 Å². The van der Waals surface area contributed by atoms with Crippen molar-refractivity contribution in [2.75, 3.05) is 6.54 Å². The van der Waals surface area contributed by atoms with Crippen LogP contribution in [0.4, 0.5) is 9.18 Å². The Morgan fingerprint density at radius 1 is 1.31 bits per heavy atom. The predicted molar refractivity (Wildman–Crippen MR) is 96.2 cm³/mol. The van der Waals surface area contributed by atoms with Gasteiger partial charge in [0.1, 0.15) is 11.8 Å². The van der Waals surface area contributed by atoms with Crippen LogP contribution in [0.2, 0.25) is 0 Å². The van der Waals surface area contributed by atoms with Crippen LogP contribution in [-0.4, -0.2) is 40.8 Å². The maximum Gasteiger partial charge on any atom is 0.408 e. The number of likely N-dealkylation sites (tertiary alicyclic amines) is 1. The number of hydrogen-bond acceptors (Lipinski definition) is 3. The molecular formula is C20H27FN2O3. The van der Waals surface area contributed by atoms with Gasteiger partial charge >= 0.3 is 6.09 Å². The molecule has 0 aromatic heterocycles. The Kier molecular flexibility index (Phi) is 4.95. The molecule has 1 aromatic rings. The quantitative estimate of drug-likeness (QED) is 0.893. The number of alkyl carbamates (subject to hydrolysis) is 1. The van der Waals surface area contributed by atoms with Gasteiger partial charge in [0.05, 0.1) is 5.54 Å². The van der Waals surface area contributed by atoms with Crippen LogP contribution in [0.1, 0.15) is 45.6 Å². The zero-order chi connectivity index (χ0) is 18.9. The lowest BCUT2D eigenvalue weighted by atomic mass is 9.66. The van der Waals surface area contributed by atoms with E-state index in [0.717, 1.165) is 5.56 Å². The van der Waals surface area contributed by atoms with Crippen molar-refractivity contribution >= 4 is 12.0 Å². The molecule has 1 atom stereocenters. The highest BCUT2D eigenvalue weighted by Crippen LogP contribution is 2.45. The average molecular weight is 362 g/mol. The largest absolute Gasteiger partial charge is 0.444 e. The number of nitrogens with zero attached hydrogens (tertiary/aromatic N) is 1. The molecule has 1 aliphatic carbocycles. The summed E-state index contributed by atoms with van der Waals surface area (Å²) in [7, 11) is 0. The highest BCUT2D eigenvalue weighted by Gasteiger charge is 2.54. The first-order valence-electron chi connectivity index (χ1n) is 9.14. The minimum atomic E-state index is -0.941. The maximum absolute atomic E-state index is 13.7. The second-order valence-corrected chi connectivity index (χ2v) is 8.45. The molecule has 0 bridgehead atoms. The topological polar surface area (TPSA) is 58.6 Å². The van der Waals surface area contributed by atoms with Crippen molar-refractivity contribution in [1.29, 1.82) is 0 Å². The molecule has 142 valence electrons. The standard InChI is InChI=1S/C20H27FN2O3/c1-19(2,3)26-18(25)22-20(10-16(21)11-20)15-9-17(24)23(13-15)12-14-7-5-4-6-8-14/h4-8,15-16H,9-13H2,1-3H3,(H,22,25). The number of rotatable bonds is 4. The minimum absolute atomic E-state index is 0.0477. The van der Waals surface area contributed by atoms with Gasteiger partial charge in [0, 0.05) is 38.3 Å². The lowest BCUT2D eigenvalue weighted by Crippen LogP contribution is -2.63. The Balaban J connectivity index is 1.67. The number of alkyl halides is 1. The third-order valence-electron chi connectivity index (χ3n) is 5.13. The molecule has 1 saturated carbocycles. The molecule has 1 aromatic carbocycles. The lowest BCUT2D eigenvalue weighted by molar-refractivity contribution is -0.128. The van der Waals surface area contributed by atoms with Crippen molar-refractivity contribution in [1.82, 2.24) is 10.2 Å². The second kappa shape index (κ2) is 6.89. The Bertz CT molecular complexity index is 665. The Morgan fingerprint density at radius 2 is 1.96 bits per heavy atom. The molecule has 1 aliphatic heterocycles. The Hall–Kier alpha value is -2.11. The van der Waals surface area contributed by atoms with Gasteiger partial charge in [-0.05, 0) is 26.3 Å². The number of hydrogen-bond donors (Lipinski definition) is 1. The van der Waals surface area contributed by atoms with E-state index in [4.69, 9.17) is 4.74 Å². The summed E-state index contributed by atoms with van der Waals surface area (Å²) in [5, 5.41) is 2.88. The number of carbonyl (C=O) groups excluding carboxylic acids is 2. The summed E-state index contributed by atoms with van der Waals surface area (Å²) in [6.07, 6.45) is -0.677. The van der Waals surface area contributed by atoms with Crippen LogP contribution in [0.25, 0.3) is 0 Å². The maximum atomic E-state index is 13.7. The fourth-order valence-electron chi connectivity index (χ4n) is 3.87. The number of nitrogens with one attached hydrogen (secondary N) is 1. The van der Waals surface area contributed by atoms with Gasteiger partial charge in [-0.1, -0.05) is 30.3 Å². The molecule has 1 unspecified atom stereocenters. The normalized spacial score (nSPS) is 28.6. The molecule has 1 heterocycles. The van der Waals surface area contributed by atoms with E-state index < -0.39 is 23.4 Å². The molecule has 0 radical (unpaired) electrons. The van der Waals surface area contributed by atoms with Gasteiger partial charge < -0.3 is 15.0 Å². The molecule has 2 amide bonds. The summed E-state index contributed by atoms with van der Waals surface area (Å²) in [4.78, 5) is 26.5. The van der Waals surface area contributed by atoms with Crippen LogP contribution in [0.3, 0.4) is 0 Å². The van der Waals surface area contributed by atoms with Crippen molar-refractivity contribution in [3.63, 3.8) is 0 Å². The van der Waals surface area contributed by atoms with Gasteiger partial charge in [0.15, 0.2) is 0 Å². The van der Waals surface area contributed by atoms with Crippen molar-refractivity contribution in [3.8, 4) is 0 Å². The molecule has 0 spiro atoms. The number of carbonyl (C=O) groups is 2. The summed E-state index contributed by atoms with van der Waals surface area (Å²) >= 11 is 0. The fraction of sp³-hybridized carbons (Fsp3) is 0.600. The van der Waals surface area contributed by atoms with E-state index >= 15 is 0 Å². The summed E-state index contributed by atoms with van der Waals surface area (Å²) in [6.45, 7) is 6.43. The summed E-state index contributed by atoms with van der Waals surface area (Å²) in [6, 6.07) is 9.79. The number of halogens is 1. The molecule has 1 saturated heterocycles. The third kappa shape index (κ3) is 4.17. The summed E-state index contributed by atoms with van der Waals surface area (Å²) in [5.74, 6) is -0.0512. The van der Waals surface area contributed by atoms with E-state index in [1.54, 1.807) is 25.7 Å². The molecule has 2 fully saturated rings. The Morgan fingerprint density at radius 3 is 2.54 bits per heavy atom. The van der Waals surface area contributed by atoms with Crippen molar-refractivity contribution < 1.29 is 18.7 Å². The first kappa shape index (κ1) is 18.7. The molecule has 5 nitrogen and oxygen atoms in total. The lowest BCUT2D eigenvalue weighted by Gasteiger charge is -2.48.